The number of benzene rings is 2. The number of anilines is 1. The van der Waals surface area contributed by atoms with Crippen molar-refractivity contribution in [2.24, 2.45) is 0 Å². The summed E-state index contributed by atoms with van der Waals surface area (Å²) in [6.45, 7) is 4.26. The monoisotopic (exact) mass is 448 g/mol. The molecule has 0 radical (unpaired) electrons. The Kier molecular flexibility index (Phi) is 6.72. The number of unbranched alkanes of at least 4 members (excludes halogenated alkanes) is 4. The quantitative estimate of drug-likeness (QED) is 0.194. The van der Waals surface area contributed by atoms with E-state index < -0.39 is 16.9 Å². The van der Waals surface area contributed by atoms with E-state index in [-0.39, 0.29) is 5.69 Å². The van der Waals surface area contributed by atoms with Gasteiger partial charge in [0.25, 0.3) is 5.69 Å². The van der Waals surface area contributed by atoms with Crippen LogP contribution in [0.3, 0.4) is 0 Å². The molecule has 3 aromatic rings. The van der Waals surface area contributed by atoms with Gasteiger partial charge in [-0.2, -0.15) is 0 Å². The minimum absolute atomic E-state index is 0.0502. The van der Waals surface area contributed by atoms with E-state index in [0.717, 1.165) is 36.7 Å². The summed E-state index contributed by atoms with van der Waals surface area (Å²) in [5, 5.41) is 15.1. The second-order valence-corrected chi connectivity index (χ2v) is 8.23. The zero-order chi connectivity index (χ0) is 23.4. The number of hydrogen-bond donors (Lipinski definition) is 1. The molecule has 4 rings (SSSR count). The first-order chi connectivity index (χ1) is 16.0. The normalized spacial score (nSPS) is 15.3. The number of hydrogen-bond acceptors (Lipinski definition) is 6. The zero-order valence-electron chi connectivity index (χ0n) is 18.9. The van der Waals surface area contributed by atoms with Crippen molar-refractivity contribution in [1.82, 2.24) is 9.55 Å². The Morgan fingerprint density at radius 3 is 2.64 bits per heavy atom. The van der Waals surface area contributed by atoms with Crippen molar-refractivity contribution in [2.75, 3.05) is 11.9 Å². The molecule has 0 bridgehead atoms. The molecule has 0 saturated heterocycles. The van der Waals surface area contributed by atoms with Crippen LogP contribution < -0.4 is 5.32 Å². The summed E-state index contributed by atoms with van der Waals surface area (Å²) < 4.78 is 7.50. The molecule has 0 saturated carbocycles. The number of carbonyl (C=O) groups is 1. The van der Waals surface area contributed by atoms with Crippen molar-refractivity contribution in [3.05, 3.63) is 75.5 Å². The molecule has 8 heteroatoms. The Balaban J connectivity index is 1.75. The van der Waals surface area contributed by atoms with Crippen LogP contribution in [0.1, 0.15) is 57.6 Å². The lowest BCUT2D eigenvalue weighted by molar-refractivity contribution is -0.385. The fourth-order valence-electron chi connectivity index (χ4n) is 4.36. The third kappa shape index (κ3) is 4.46. The number of esters is 1. The van der Waals surface area contributed by atoms with Crippen LogP contribution in [0.25, 0.3) is 11.0 Å². The van der Waals surface area contributed by atoms with Gasteiger partial charge in [0, 0.05) is 11.8 Å². The summed E-state index contributed by atoms with van der Waals surface area (Å²) in [6.07, 6.45) is 5.22. The van der Waals surface area contributed by atoms with Gasteiger partial charge in [0.05, 0.1) is 33.7 Å². The molecule has 0 spiro atoms. The predicted molar refractivity (Wildman–Crippen MR) is 127 cm³/mol. The van der Waals surface area contributed by atoms with Gasteiger partial charge in [-0.05, 0) is 31.5 Å². The van der Waals surface area contributed by atoms with Crippen LogP contribution in [0.15, 0.2) is 59.8 Å². The molecule has 0 fully saturated rings. The zero-order valence-corrected chi connectivity index (χ0v) is 18.9. The largest absolute Gasteiger partial charge is 0.462 e. The van der Waals surface area contributed by atoms with E-state index in [0.29, 0.717) is 29.4 Å². The van der Waals surface area contributed by atoms with Crippen LogP contribution in [0.5, 0.6) is 0 Å². The Morgan fingerprint density at radius 2 is 1.85 bits per heavy atom. The van der Waals surface area contributed by atoms with E-state index in [9.17, 15) is 14.9 Å². The lowest BCUT2D eigenvalue weighted by atomic mass is 9.93. The molecule has 8 nitrogen and oxygen atoms in total. The summed E-state index contributed by atoms with van der Waals surface area (Å²) in [5.41, 5.74) is 2.82. The highest BCUT2D eigenvalue weighted by atomic mass is 16.6. The van der Waals surface area contributed by atoms with E-state index in [1.165, 1.54) is 12.5 Å². The van der Waals surface area contributed by atoms with E-state index in [2.05, 4.69) is 17.2 Å². The van der Waals surface area contributed by atoms with E-state index in [4.69, 9.17) is 4.74 Å². The SMILES string of the molecule is CCCCCCCOC(=O)C1=C(C)Nc2nc3ccccc3n2[C@H]1c1ccccc1[N+](=O)[O-]. The number of nitrogens with one attached hydrogen (secondary N) is 1. The highest BCUT2D eigenvalue weighted by Crippen LogP contribution is 2.42. The van der Waals surface area contributed by atoms with Crippen molar-refractivity contribution < 1.29 is 14.5 Å². The summed E-state index contributed by atoms with van der Waals surface area (Å²) in [7, 11) is 0. The van der Waals surface area contributed by atoms with Gasteiger partial charge in [0.15, 0.2) is 0 Å². The maximum atomic E-state index is 13.3. The standard InChI is InChI=1S/C25H28N4O4/c1-3-4-5-6-11-16-33-24(30)22-17(2)26-25-27-19-13-8-10-15-21(19)28(25)23(22)18-12-7-9-14-20(18)29(31)32/h7-10,12-15,23H,3-6,11,16H2,1-2H3,(H,26,27)/t23-/m0/s1. The number of nitrogens with zero attached hydrogens (tertiary/aromatic N) is 3. The number of carbonyl (C=O) groups excluding carboxylic acids is 1. The average molecular weight is 449 g/mol. The molecule has 1 atom stereocenters. The fourth-order valence-corrected chi connectivity index (χ4v) is 4.36. The number of imidazole rings is 1. The number of ether oxygens (including phenoxy) is 1. The van der Waals surface area contributed by atoms with Crippen molar-refractivity contribution in [2.45, 2.75) is 52.0 Å². The summed E-state index contributed by atoms with van der Waals surface area (Å²) in [6, 6.07) is 13.3. The van der Waals surface area contributed by atoms with E-state index >= 15 is 0 Å². The maximum absolute atomic E-state index is 13.3. The molecule has 1 aromatic heterocycles. The van der Waals surface area contributed by atoms with Crippen molar-refractivity contribution in [3.63, 3.8) is 0 Å². The lowest BCUT2D eigenvalue weighted by Crippen LogP contribution is -2.29. The van der Waals surface area contributed by atoms with Crippen LogP contribution >= 0.6 is 0 Å². The molecular formula is C25H28N4O4. The third-order valence-corrected chi connectivity index (χ3v) is 5.96. The van der Waals surface area contributed by atoms with Gasteiger partial charge in [-0.25, -0.2) is 9.78 Å². The average Bonchev–Trinajstić information content (AvgIpc) is 3.18. The molecule has 2 aromatic carbocycles. The van der Waals surface area contributed by atoms with Gasteiger partial charge in [0.2, 0.25) is 5.95 Å². The predicted octanol–water partition coefficient (Wildman–Crippen LogP) is 5.75. The minimum atomic E-state index is -0.733. The maximum Gasteiger partial charge on any atom is 0.338 e. The Labute approximate surface area is 192 Å². The van der Waals surface area contributed by atoms with Crippen LogP contribution in [-0.4, -0.2) is 27.1 Å². The number of fused-ring (bicyclic) bond motifs is 3. The molecule has 1 N–H and O–H groups in total. The smallest absolute Gasteiger partial charge is 0.338 e. The number of nitro benzene ring substituents is 1. The molecular weight excluding hydrogens is 420 g/mol. The molecule has 1 aliphatic rings. The van der Waals surface area contributed by atoms with E-state index in [1.54, 1.807) is 25.1 Å². The van der Waals surface area contributed by atoms with Gasteiger partial charge >= 0.3 is 5.97 Å². The van der Waals surface area contributed by atoms with Gasteiger partial charge in [-0.15, -0.1) is 0 Å². The molecule has 0 aliphatic carbocycles. The second kappa shape index (κ2) is 9.85. The number of allylic oxidation sites excluding steroid dienone is 1. The Hall–Kier alpha value is -3.68. The van der Waals surface area contributed by atoms with Crippen LogP contribution in [-0.2, 0) is 9.53 Å². The molecule has 0 unspecified atom stereocenters. The van der Waals surface area contributed by atoms with Crippen molar-refractivity contribution >= 4 is 28.6 Å². The van der Waals surface area contributed by atoms with Crippen LogP contribution in [0, 0.1) is 10.1 Å². The second-order valence-electron chi connectivity index (χ2n) is 8.23. The van der Waals surface area contributed by atoms with Gasteiger partial charge < -0.3 is 10.1 Å². The molecule has 172 valence electrons. The highest BCUT2D eigenvalue weighted by Gasteiger charge is 2.38. The molecule has 1 aliphatic heterocycles. The third-order valence-electron chi connectivity index (χ3n) is 5.96. The van der Waals surface area contributed by atoms with Crippen LogP contribution in [0.2, 0.25) is 0 Å². The fraction of sp³-hybridized carbons (Fsp3) is 0.360. The Morgan fingerprint density at radius 1 is 1.12 bits per heavy atom. The molecule has 33 heavy (non-hydrogen) atoms. The first kappa shape index (κ1) is 22.5. The number of nitro groups is 1. The van der Waals surface area contributed by atoms with Gasteiger partial charge in [0.1, 0.15) is 6.04 Å². The number of aromatic nitrogens is 2. The van der Waals surface area contributed by atoms with Gasteiger partial charge in [-0.3, -0.25) is 14.7 Å². The van der Waals surface area contributed by atoms with Crippen LogP contribution in [0.4, 0.5) is 11.6 Å². The summed E-state index contributed by atoms with van der Waals surface area (Å²) >= 11 is 0. The number of rotatable bonds is 9. The first-order valence-corrected chi connectivity index (χ1v) is 11.4. The summed E-state index contributed by atoms with van der Waals surface area (Å²) in [5.74, 6) is 0.0649. The molecule has 2 heterocycles. The minimum Gasteiger partial charge on any atom is -0.462 e. The lowest BCUT2D eigenvalue weighted by Gasteiger charge is -2.30. The van der Waals surface area contributed by atoms with E-state index in [1.807, 2.05) is 28.8 Å². The topological polar surface area (TPSA) is 99.3 Å². The number of para-hydroxylation sites is 3. The summed E-state index contributed by atoms with van der Waals surface area (Å²) in [4.78, 5) is 29.4. The van der Waals surface area contributed by atoms with Gasteiger partial charge in [-0.1, -0.05) is 56.9 Å². The molecule has 0 amide bonds. The first-order valence-electron chi connectivity index (χ1n) is 11.4. The van der Waals surface area contributed by atoms with Crippen molar-refractivity contribution in [3.8, 4) is 0 Å². The van der Waals surface area contributed by atoms with Crippen molar-refractivity contribution in [1.29, 1.82) is 0 Å². The highest BCUT2D eigenvalue weighted by molar-refractivity contribution is 5.94. The Bertz CT molecular complexity index is 1210.